The molecule has 104 valence electrons. The summed E-state index contributed by atoms with van der Waals surface area (Å²) in [4.78, 5) is 12.0. The summed E-state index contributed by atoms with van der Waals surface area (Å²) >= 11 is 0. The summed E-state index contributed by atoms with van der Waals surface area (Å²) in [5, 5.41) is 0. The zero-order valence-corrected chi connectivity index (χ0v) is 11.7. The number of hydrogen-bond donors (Lipinski definition) is 1. The Labute approximate surface area is 115 Å². The molecule has 0 heterocycles. The Morgan fingerprint density at radius 3 is 2.95 bits per heavy atom. The van der Waals surface area contributed by atoms with Crippen LogP contribution < -0.4 is 5.73 Å². The van der Waals surface area contributed by atoms with Crippen LogP contribution in [-0.2, 0) is 28.8 Å². The van der Waals surface area contributed by atoms with Crippen molar-refractivity contribution in [2.24, 2.45) is 5.73 Å². The fraction of sp³-hybridized carbons (Fsp3) is 0.562. The second kappa shape index (κ2) is 6.83. The number of nitrogens with two attached hydrogens (primary N) is 1. The van der Waals surface area contributed by atoms with Gasteiger partial charge in [0.1, 0.15) is 0 Å². The molecule has 0 saturated carbocycles. The molecule has 0 saturated heterocycles. The Balaban J connectivity index is 1.88. The molecule has 0 radical (unpaired) electrons. The van der Waals surface area contributed by atoms with Crippen LogP contribution in [-0.4, -0.2) is 25.5 Å². The first-order chi connectivity index (χ1) is 9.20. The van der Waals surface area contributed by atoms with E-state index in [1.807, 2.05) is 0 Å². The summed E-state index contributed by atoms with van der Waals surface area (Å²) in [6.07, 6.45) is 5.58. The van der Waals surface area contributed by atoms with Crippen molar-refractivity contribution in [3.63, 3.8) is 0 Å². The first-order valence-corrected chi connectivity index (χ1v) is 7.08. The molecule has 1 aromatic carbocycles. The number of fused-ring (bicyclic) bond motifs is 1. The summed E-state index contributed by atoms with van der Waals surface area (Å²) in [5.74, 6) is 0.133. The van der Waals surface area contributed by atoms with E-state index in [1.165, 1.54) is 24.0 Å². The van der Waals surface area contributed by atoms with E-state index in [0.717, 1.165) is 18.4 Å². The average Bonchev–Trinajstić information content (AvgIpc) is 2.86. The molecule has 0 amide bonds. The molecule has 0 bridgehead atoms. The van der Waals surface area contributed by atoms with Crippen molar-refractivity contribution in [3.8, 4) is 0 Å². The summed E-state index contributed by atoms with van der Waals surface area (Å²) in [6.45, 7) is 0.666. The predicted octanol–water partition coefficient (Wildman–Crippen LogP) is 2.04. The molecule has 0 aliphatic heterocycles. The number of hydrogen-bond acceptors (Lipinski definition) is 3. The van der Waals surface area contributed by atoms with Gasteiger partial charge in [-0.05, 0) is 48.8 Å². The first kappa shape index (κ1) is 14.2. The van der Waals surface area contributed by atoms with Gasteiger partial charge in [-0.25, -0.2) is 0 Å². The van der Waals surface area contributed by atoms with Gasteiger partial charge in [-0.3, -0.25) is 4.79 Å². The van der Waals surface area contributed by atoms with Gasteiger partial charge in [-0.1, -0.05) is 18.2 Å². The number of ketones is 1. The monoisotopic (exact) mass is 261 g/mol. The van der Waals surface area contributed by atoms with Crippen LogP contribution in [0.5, 0.6) is 0 Å². The van der Waals surface area contributed by atoms with Crippen LogP contribution in [0.15, 0.2) is 18.2 Å². The fourth-order valence-electron chi connectivity index (χ4n) is 2.68. The standard InChI is InChI=1S/C16H23NO2/c1-19-9-3-6-15(17)16(18)11-12-7-8-13-4-2-5-14(13)10-12/h7-8,10,15H,2-6,9,11,17H2,1H3. The Bertz CT molecular complexity index is 442. The lowest BCUT2D eigenvalue weighted by molar-refractivity contribution is -0.119. The molecule has 1 atom stereocenters. The van der Waals surface area contributed by atoms with Crippen molar-refractivity contribution in [2.45, 2.75) is 44.6 Å². The molecular formula is C16H23NO2. The number of aryl methyl sites for hydroxylation is 2. The second-order valence-electron chi connectivity index (χ2n) is 5.34. The molecule has 19 heavy (non-hydrogen) atoms. The number of carbonyl (C=O) groups is 1. The Morgan fingerprint density at radius 1 is 1.37 bits per heavy atom. The van der Waals surface area contributed by atoms with Gasteiger partial charge in [0.25, 0.3) is 0 Å². The molecule has 3 heteroatoms. The van der Waals surface area contributed by atoms with Gasteiger partial charge in [-0.15, -0.1) is 0 Å². The molecule has 1 aliphatic rings. The van der Waals surface area contributed by atoms with Crippen molar-refractivity contribution < 1.29 is 9.53 Å². The minimum atomic E-state index is -0.358. The highest BCUT2D eigenvalue weighted by Crippen LogP contribution is 2.23. The maximum Gasteiger partial charge on any atom is 0.153 e. The van der Waals surface area contributed by atoms with E-state index in [9.17, 15) is 4.79 Å². The average molecular weight is 261 g/mol. The van der Waals surface area contributed by atoms with E-state index in [0.29, 0.717) is 19.4 Å². The number of carbonyl (C=O) groups excluding carboxylic acids is 1. The van der Waals surface area contributed by atoms with Crippen molar-refractivity contribution in [2.75, 3.05) is 13.7 Å². The van der Waals surface area contributed by atoms with E-state index in [1.54, 1.807) is 7.11 Å². The normalized spacial score (nSPS) is 15.3. The van der Waals surface area contributed by atoms with Gasteiger partial charge in [0.05, 0.1) is 6.04 Å². The van der Waals surface area contributed by atoms with Crippen LogP contribution in [0.1, 0.15) is 36.0 Å². The van der Waals surface area contributed by atoms with Crippen molar-refractivity contribution >= 4 is 5.78 Å². The van der Waals surface area contributed by atoms with Crippen molar-refractivity contribution in [1.82, 2.24) is 0 Å². The SMILES string of the molecule is COCCCC(N)C(=O)Cc1ccc2c(c1)CCC2. The highest BCUT2D eigenvalue weighted by Gasteiger charge is 2.16. The van der Waals surface area contributed by atoms with Crippen LogP contribution >= 0.6 is 0 Å². The van der Waals surface area contributed by atoms with Crippen LogP contribution in [0, 0.1) is 0 Å². The van der Waals surface area contributed by atoms with Crippen LogP contribution in [0.4, 0.5) is 0 Å². The zero-order valence-electron chi connectivity index (χ0n) is 11.7. The first-order valence-electron chi connectivity index (χ1n) is 7.08. The quantitative estimate of drug-likeness (QED) is 0.764. The summed E-state index contributed by atoms with van der Waals surface area (Å²) in [7, 11) is 1.66. The van der Waals surface area contributed by atoms with Gasteiger partial charge in [0.2, 0.25) is 0 Å². The molecule has 2 N–H and O–H groups in total. The number of rotatable bonds is 7. The van der Waals surface area contributed by atoms with Gasteiger partial charge in [0, 0.05) is 20.1 Å². The van der Waals surface area contributed by atoms with Gasteiger partial charge >= 0.3 is 0 Å². The lowest BCUT2D eigenvalue weighted by atomic mass is 9.98. The Hall–Kier alpha value is -1.19. The second-order valence-corrected chi connectivity index (χ2v) is 5.34. The van der Waals surface area contributed by atoms with E-state index in [-0.39, 0.29) is 11.8 Å². The Kier molecular flexibility index (Phi) is 5.11. The van der Waals surface area contributed by atoms with Crippen LogP contribution in [0.2, 0.25) is 0 Å². The molecule has 0 spiro atoms. The molecule has 2 rings (SSSR count). The molecule has 0 fully saturated rings. The number of benzene rings is 1. The van der Waals surface area contributed by atoms with Crippen LogP contribution in [0.3, 0.4) is 0 Å². The maximum atomic E-state index is 12.0. The predicted molar refractivity (Wildman–Crippen MR) is 76.3 cm³/mol. The summed E-state index contributed by atoms with van der Waals surface area (Å²) in [6, 6.07) is 6.07. The fourth-order valence-corrected chi connectivity index (χ4v) is 2.68. The topological polar surface area (TPSA) is 52.3 Å². The maximum absolute atomic E-state index is 12.0. The molecule has 1 aromatic rings. The molecule has 3 nitrogen and oxygen atoms in total. The number of Topliss-reactive ketones (excluding diaryl/α,β-unsaturated/α-hetero) is 1. The number of methoxy groups -OCH3 is 1. The third kappa shape index (κ3) is 3.88. The molecule has 1 aliphatic carbocycles. The Morgan fingerprint density at radius 2 is 2.16 bits per heavy atom. The van der Waals surface area contributed by atoms with E-state index in [2.05, 4.69) is 18.2 Å². The molecule has 1 unspecified atom stereocenters. The van der Waals surface area contributed by atoms with Gasteiger partial charge in [0.15, 0.2) is 5.78 Å². The minimum Gasteiger partial charge on any atom is -0.385 e. The largest absolute Gasteiger partial charge is 0.385 e. The molecular weight excluding hydrogens is 238 g/mol. The third-order valence-electron chi connectivity index (χ3n) is 3.82. The van der Waals surface area contributed by atoms with Crippen molar-refractivity contribution in [1.29, 1.82) is 0 Å². The lowest BCUT2D eigenvalue weighted by Gasteiger charge is -2.11. The van der Waals surface area contributed by atoms with Gasteiger partial charge < -0.3 is 10.5 Å². The minimum absolute atomic E-state index is 0.133. The zero-order chi connectivity index (χ0) is 13.7. The highest BCUT2D eigenvalue weighted by atomic mass is 16.5. The van der Waals surface area contributed by atoms with Crippen LogP contribution in [0.25, 0.3) is 0 Å². The van der Waals surface area contributed by atoms with Gasteiger partial charge in [-0.2, -0.15) is 0 Å². The van der Waals surface area contributed by atoms with Crippen molar-refractivity contribution in [3.05, 3.63) is 34.9 Å². The highest BCUT2D eigenvalue weighted by molar-refractivity contribution is 5.85. The smallest absolute Gasteiger partial charge is 0.153 e. The number of ether oxygens (including phenoxy) is 1. The van der Waals surface area contributed by atoms with E-state index in [4.69, 9.17) is 10.5 Å². The molecule has 0 aromatic heterocycles. The van der Waals surface area contributed by atoms with E-state index >= 15 is 0 Å². The lowest BCUT2D eigenvalue weighted by Crippen LogP contribution is -2.32. The summed E-state index contributed by atoms with van der Waals surface area (Å²) < 4.78 is 4.97. The van der Waals surface area contributed by atoms with E-state index < -0.39 is 0 Å². The third-order valence-corrected chi connectivity index (χ3v) is 3.82. The summed E-state index contributed by atoms with van der Waals surface area (Å²) in [5.41, 5.74) is 9.88.